The summed E-state index contributed by atoms with van der Waals surface area (Å²) in [6.45, 7) is 8.01. The number of nitrogens with zero attached hydrogens (tertiary/aromatic N) is 6. The summed E-state index contributed by atoms with van der Waals surface area (Å²) < 4.78 is 6.50. The second-order valence-electron chi connectivity index (χ2n) is 9.52. The molecule has 2 amide bonds. The molecule has 11 heteroatoms. The molecule has 0 aliphatic carbocycles. The molecule has 11 nitrogen and oxygen atoms in total. The molecule has 38 heavy (non-hydrogen) atoms. The Morgan fingerprint density at radius 1 is 1.13 bits per heavy atom. The van der Waals surface area contributed by atoms with Crippen LogP contribution >= 0.6 is 0 Å². The van der Waals surface area contributed by atoms with Crippen molar-refractivity contribution < 1.29 is 14.3 Å². The number of rotatable bonds is 7. The number of fused-ring (bicyclic) bond motifs is 1. The summed E-state index contributed by atoms with van der Waals surface area (Å²) in [5, 5.41) is 4.05. The Morgan fingerprint density at radius 3 is 2.66 bits per heavy atom. The third-order valence-corrected chi connectivity index (χ3v) is 7.11. The molecule has 2 aliphatic rings. The second kappa shape index (κ2) is 10.9. The van der Waals surface area contributed by atoms with Gasteiger partial charge in [0.1, 0.15) is 5.65 Å². The SMILES string of the molecule is C=CC(=O)N1CC(CCn2c(=O)ccc3cnc(Nc4cccc(N5CCN(C(=O)OC)CC5)c4)nc32)C1. The molecule has 1 N–H and O–H groups in total. The number of ether oxygens (including phenoxy) is 1. The van der Waals surface area contributed by atoms with E-state index < -0.39 is 0 Å². The lowest BCUT2D eigenvalue weighted by molar-refractivity contribution is -0.132. The van der Waals surface area contributed by atoms with Crippen molar-refractivity contribution in [1.29, 1.82) is 0 Å². The van der Waals surface area contributed by atoms with Crippen LogP contribution in [0.1, 0.15) is 6.42 Å². The molecule has 2 saturated heterocycles. The fourth-order valence-electron chi connectivity index (χ4n) is 4.91. The third kappa shape index (κ3) is 5.31. The number of aromatic nitrogens is 3. The lowest BCUT2D eigenvalue weighted by Gasteiger charge is -2.38. The summed E-state index contributed by atoms with van der Waals surface area (Å²) in [5.74, 6) is 0.688. The highest BCUT2D eigenvalue weighted by molar-refractivity contribution is 5.87. The van der Waals surface area contributed by atoms with Gasteiger partial charge in [0.15, 0.2) is 0 Å². The predicted molar refractivity (Wildman–Crippen MR) is 145 cm³/mol. The number of aryl methyl sites for hydroxylation is 1. The van der Waals surface area contributed by atoms with E-state index in [1.165, 1.54) is 19.3 Å². The van der Waals surface area contributed by atoms with Crippen molar-refractivity contribution in [2.75, 3.05) is 56.6 Å². The largest absolute Gasteiger partial charge is 0.453 e. The molecule has 0 saturated carbocycles. The number of piperazine rings is 1. The van der Waals surface area contributed by atoms with E-state index in [4.69, 9.17) is 4.74 Å². The number of nitrogens with one attached hydrogen (secondary N) is 1. The van der Waals surface area contributed by atoms with Gasteiger partial charge in [-0.3, -0.25) is 14.2 Å². The van der Waals surface area contributed by atoms with Gasteiger partial charge in [-0.2, -0.15) is 4.98 Å². The second-order valence-corrected chi connectivity index (χ2v) is 9.52. The van der Waals surface area contributed by atoms with Crippen molar-refractivity contribution in [2.45, 2.75) is 13.0 Å². The van der Waals surface area contributed by atoms with Crippen molar-refractivity contribution in [3.8, 4) is 0 Å². The van der Waals surface area contributed by atoms with Crippen LogP contribution in [0.5, 0.6) is 0 Å². The molecule has 3 aromatic rings. The lowest BCUT2D eigenvalue weighted by atomic mass is 9.96. The van der Waals surface area contributed by atoms with Crippen LogP contribution in [-0.2, 0) is 16.1 Å². The van der Waals surface area contributed by atoms with Crippen LogP contribution in [0.25, 0.3) is 11.0 Å². The molecule has 1 aromatic carbocycles. The number of likely N-dealkylation sites (tertiary alicyclic amines) is 1. The molecule has 0 bridgehead atoms. The zero-order valence-corrected chi connectivity index (χ0v) is 21.4. The van der Waals surface area contributed by atoms with Crippen molar-refractivity contribution in [3.63, 3.8) is 0 Å². The van der Waals surface area contributed by atoms with Crippen LogP contribution in [-0.4, -0.2) is 82.7 Å². The maximum absolute atomic E-state index is 12.7. The Hall–Kier alpha value is -4.41. The number of benzene rings is 1. The summed E-state index contributed by atoms with van der Waals surface area (Å²) in [7, 11) is 1.40. The van der Waals surface area contributed by atoms with Gasteiger partial charge in [0.2, 0.25) is 11.9 Å². The molecule has 4 heterocycles. The standard InChI is InChI=1S/C27H31N7O4/c1-3-23(35)33-17-19(18-33)9-10-34-24(36)8-7-20-16-28-26(30-25(20)34)29-21-5-4-6-22(15-21)31-11-13-32(14-12-31)27(37)38-2/h3-8,15-16,19H,1,9-14,17-18H2,2H3,(H,28,29,30). The van der Waals surface area contributed by atoms with E-state index in [9.17, 15) is 14.4 Å². The molecule has 5 rings (SSSR count). The number of pyridine rings is 1. The minimum atomic E-state index is -0.301. The van der Waals surface area contributed by atoms with Crippen molar-refractivity contribution in [1.82, 2.24) is 24.3 Å². The molecule has 198 valence electrons. The van der Waals surface area contributed by atoms with Gasteiger partial charge >= 0.3 is 6.09 Å². The number of amides is 2. The van der Waals surface area contributed by atoms with Crippen LogP contribution < -0.4 is 15.8 Å². The first-order valence-corrected chi connectivity index (χ1v) is 12.7. The molecule has 2 aromatic heterocycles. The van der Waals surface area contributed by atoms with E-state index in [1.54, 1.807) is 26.6 Å². The van der Waals surface area contributed by atoms with Gasteiger partial charge in [0.05, 0.1) is 7.11 Å². The molecular weight excluding hydrogens is 486 g/mol. The quantitative estimate of drug-likeness (QED) is 0.476. The Labute approximate surface area is 220 Å². The van der Waals surface area contributed by atoms with E-state index in [1.807, 2.05) is 24.3 Å². The van der Waals surface area contributed by atoms with Crippen LogP contribution in [0.4, 0.5) is 22.1 Å². The Bertz CT molecular complexity index is 1410. The summed E-state index contributed by atoms with van der Waals surface area (Å²) >= 11 is 0. The number of hydrogen-bond acceptors (Lipinski definition) is 8. The van der Waals surface area contributed by atoms with E-state index >= 15 is 0 Å². The molecule has 2 fully saturated rings. The maximum Gasteiger partial charge on any atom is 0.409 e. The summed E-state index contributed by atoms with van der Waals surface area (Å²) in [4.78, 5) is 51.0. The van der Waals surface area contributed by atoms with Gasteiger partial charge in [-0.1, -0.05) is 12.6 Å². The highest BCUT2D eigenvalue weighted by Crippen LogP contribution is 2.24. The average molecular weight is 518 g/mol. The number of carbonyl (C=O) groups is 2. The Kier molecular flexibility index (Phi) is 7.25. The molecule has 2 aliphatic heterocycles. The maximum atomic E-state index is 12.7. The molecular formula is C27H31N7O4. The van der Waals surface area contributed by atoms with Gasteiger partial charge in [-0.05, 0) is 42.7 Å². The van der Waals surface area contributed by atoms with Crippen LogP contribution in [0.15, 0.2) is 60.0 Å². The first-order valence-electron chi connectivity index (χ1n) is 12.7. The van der Waals surface area contributed by atoms with Gasteiger partial charge in [-0.25, -0.2) is 9.78 Å². The molecule has 0 spiro atoms. The van der Waals surface area contributed by atoms with Gasteiger partial charge in [0.25, 0.3) is 5.56 Å². The van der Waals surface area contributed by atoms with Crippen LogP contribution in [0.2, 0.25) is 0 Å². The normalized spacial score (nSPS) is 15.8. The molecule has 0 unspecified atom stereocenters. The first-order chi connectivity index (χ1) is 18.4. The van der Waals surface area contributed by atoms with Crippen molar-refractivity contribution in [2.24, 2.45) is 5.92 Å². The highest BCUT2D eigenvalue weighted by Gasteiger charge is 2.29. The van der Waals surface area contributed by atoms with Crippen LogP contribution in [0, 0.1) is 5.92 Å². The van der Waals surface area contributed by atoms with Gasteiger partial charge in [0, 0.05) is 74.8 Å². The van der Waals surface area contributed by atoms with E-state index in [0.717, 1.165) is 23.2 Å². The third-order valence-electron chi connectivity index (χ3n) is 7.11. The zero-order valence-electron chi connectivity index (χ0n) is 21.4. The topological polar surface area (TPSA) is 113 Å². The number of hydrogen-bond donors (Lipinski definition) is 1. The summed E-state index contributed by atoms with van der Waals surface area (Å²) in [6.07, 6.45) is 3.52. The molecule has 0 radical (unpaired) electrons. The number of carbonyl (C=O) groups excluding carboxylic acids is 2. The van der Waals surface area contributed by atoms with E-state index in [0.29, 0.717) is 63.3 Å². The predicted octanol–water partition coefficient (Wildman–Crippen LogP) is 2.46. The van der Waals surface area contributed by atoms with E-state index in [-0.39, 0.29) is 17.6 Å². The smallest absolute Gasteiger partial charge is 0.409 e. The lowest BCUT2D eigenvalue weighted by Crippen LogP contribution is -2.49. The Balaban J connectivity index is 1.28. The highest BCUT2D eigenvalue weighted by atomic mass is 16.5. The Morgan fingerprint density at radius 2 is 1.92 bits per heavy atom. The number of anilines is 3. The van der Waals surface area contributed by atoms with Crippen molar-refractivity contribution in [3.05, 3.63) is 65.6 Å². The number of methoxy groups -OCH3 is 1. The fraction of sp³-hybridized carbons (Fsp3) is 0.370. The molecule has 0 atom stereocenters. The minimum absolute atomic E-state index is 0.0560. The minimum Gasteiger partial charge on any atom is -0.453 e. The zero-order chi connectivity index (χ0) is 26.6. The average Bonchev–Trinajstić information content (AvgIpc) is 2.92. The monoisotopic (exact) mass is 517 g/mol. The fourth-order valence-corrected chi connectivity index (χ4v) is 4.91. The first kappa shape index (κ1) is 25.2. The summed E-state index contributed by atoms with van der Waals surface area (Å²) in [6, 6.07) is 11.2. The van der Waals surface area contributed by atoms with Gasteiger partial charge in [-0.15, -0.1) is 0 Å². The summed E-state index contributed by atoms with van der Waals surface area (Å²) in [5.41, 5.74) is 2.31. The van der Waals surface area contributed by atoms with Gasteiger partial charge < -0.3 is 24.8 Å². The van der Waals surface area contributed by atoms with Crippen molar-refractivity contribution >= 4 is 40.4 Å². The van der Waals surface area contributed by atoms with Crippen LogP contribution in [0.3, 0.4) is 0 Å². The van der Waals surface area contributed by atoms with E-state index in [2.05, 4.69) is 26.8 Å².